The van der Waals surface area contributed by atoms with Gasteiger partial charge in [-0.2, -0.15) is 0 Å². The number of rotatable bonds is 2. The number of aryl methyl sites for hydroxylation is 1. The van der Waals surface area contributed by atoms with Gasteiger partial charge < -0.3 is 10.2 Å². The third kappa shape index (κ3) is 3.07. The van der Waals surface area contributed by atoms with Gasteiger partial charge in [0.05, 0.1) is 11.5 Å². The lowest BCUT2D eigenvalue weighted by Gasteiger charge is -2.27. The maximum atomic E-state index is 12.3. The molecule has 1 aliphatic heterocycles. The van der Waals surface area contributed by atoms with Gasteiger partial charge in [0.25, 0.3) is 5.91 Å². The van der Waals surface area contributed by atoms with Crippen LogP contribution in [0, 0.1) is 6.92 Å². The molecule has 0 unspecified atom stereocenters. The van der Waals surface area contributed by atoms with Crippen molar-refractivity contribution in [2.45, 2.75) is 6.92 Å². The van der Waals surface area contributed by atoms with Crippen molar-refractivity contribution in [3.8, 4) is 0 Å². The summed E-state index contributed by atoms with van der Waals surface area (Å²) in [4.78, 5) is 13.9. The molecule has 1 heterocycles. The van der Waals surface area contributed by atoms with Crippen molar-refractivity contribution >= 4 is 21.4 Å². The Labute approximate surface area is 113 Å². The van der Waals surface area contributed by atoms with E-state index in [-0.39, 0.29) is 30.5 Å². The molecule has 1 amide bonds. The molecule has 1 aliphatic rings. The number of hydrogen-bond donors (Lipinski definition) is 1. The van der Waals surface area contributed by atoms with Crippen molar-refractivity contribution in [3.05, 3.63) is 29.3 Å². The topological polar surface area (TPSA) is 66.5 Å². The van der Waals surface area contributed by atoms with Crippen LogP contribution in [-0.2, 0) is 9.84 Å². The van der Waals surface area contributed by atoms with Crippen LogP contribution >= 0.6 is 0 Å². The maximum Gasteiger partial charge on any atom is 0.253 e. The Balaban J connectivity index is 2.14. The first-order valence-electron chi connectivity index (χ1n) is 6.21. The van der Waals surface area contributed by atoms with Gasteiger partial charge in [0.2, 0.25) is 0 Å². The summed E-state index contributed by atoms with van der Waals surface area (Å²) < 4.78 is 22.7. The highest BCUT2D eigenvalue weighted by molar-refractivity contribution is 7.91. The second-order valence-corrected chi connectivity index (χ2v) is 7.03. The largest absolute Gasteiger partial charge is 0.388 e. The number of carbonyl (C=O) groups excluding carboxylic acids is 1. The SMILES string of the molecule is CNc1ccc(C(=O)N2CCS(=O)(=O)CC2)cc1C. The van der Waals surface area contributed by atoms with Gasteiger partial charge in [-0.15, -0.1) is 0 Å². The quantitative estimate of drug-likeness (QED) is 0.875. The fraction of sp³-hybridized carbons (Fsp3) is 0.462. The summed E-state index contributed by atoms with van der Waals surface area (Å²) in [5.41, 5.74) is 2.59. The molecule has 0 spiro atoms. The van der Waals surface area contributed by atoms with E-state index >= 15 is 0 Å². The Bertz CT molecular complexity index is 582. The number of anilines is 1. The summed E-state index contributed by atoms with van der Waals surface area (Å²) in [7, 11) is -1.12. The van der Waals surface area contributed by atoms with Gasteiger partial charge in [-0.1, -0.05) is 0 Å². The molecule has 0 saturated carbocycles. The van der Waals surface area contributed by atoms with Gasteiger partial charge in [0.15, 0.2) is 9.84 Å². The molecule has 0 aromatic heterocycles. The molecular formula is C13H18N2O3S. The standard InChI is InChI=1S/C13H18N2O3S/c1-10-9-11(3-4-12(10)14-2)13(16)15-5-7-19(17,18)8-6-15/h3-4,9,14H,5-8H2,1-2H3. The minimum absolute atomic E-state index is 0.0618. The fourth-order valence-electron chi connectivity index (χ4n) is 2.18. The Morgan fingerprint density at radius 2 is 1.89 bits per heavy atom. The molecule has 0 radical (unpaired) electrons. The summed E-state index contributed by atoms with van der Waals surface area (Å²) in [5, 5.41) is 3.05. The van der Waals surface area contributed by atoms with Gasteiger partial charge >= 0.3 is 0 Å². The fourth-order valence-corrected chi connectivity index (χ4v) is 3.38. The molecular weight excluding hydrogens is 264 g/mol. The van der Waals surface area contributed by atoms with Crippen molar-refractivity contribution in [1.82, 2.24) is 4.90 Å². The number of benzene rings is 1. The van der Waals surface area contributed by atoms with Crippen LogP contribution in [0.25, 0.3) is 0 Å². The second-order valence-electron chi connectivity index (χ2n) is 4.72. The van der Waals surface area contributed by atoms with E-state index in [9.17, 15) is 13.2 Å². The molecule has 104 valence electrons. The Morgan fingerprint density at radius 1 is 1.26 bits per heavy atom. The molecule has 5 nitrogen and oxygen atoms in total. The molecule has 0 aliphatic carbocycles. The van der Waals surface area contributed by atoms with Crippen LogP contribution in [0.4, 0.5) is 5.69 Å². The summed E-state index contributed by atoms with van der Waals surface area (Å²) in [6.45, 7) is 2.51. The molecule has 1 saturated heterocycles. The van der Waals surface area contributed by atoms with Crippen LogP contribution in [0.15, 0.2) is 18.2 Å². The van der Waals surface area contributed by atoms with Gasteiger partial charge in [0.1, 0.15) is 0 Å². The van der Waals surface area contributed by atoms with E-state index in [1.54, 1.807) is 11.0 Å². The van der Waals surface area contributed by atoms with Crippen LogP contribution in [0.5, 0.6) is 0 Å². The van der Waals surface area contributed by atoms with Crippen molar-refractivity contribution < 1.29 is 13.2 Å². The number of carbonyl (C=O) groups is 1. The third-order valence-corrected chi connectivity index (χ3v) is 4.98. The van der Waals surface area contributed by atoms with Gasteiger partial charge in [-0.05, 0) is 30.7 Å². The molecule has 1 N–H and O–H groups in total. The zero-order chi connectivity index (χ0) is 14.0. The number of hydrogen-bond acceptors (Lipinski definition) is 4. The van der Waals surface area contributed by atoms with E-state index in [0.717, 1.165) is 11.3 Å². The van der Waals surface area contributed by atoms with Crippen LogP contribution in [0.3, 0.4) is 0 Å². The minimum atomic E-state index is -2.95. The van der Waals surface area contributed by atoms with Crippen molar-refractivity contribution in [3.63, 3.8) is 0 Å². The van der Waals surface area contributed by atoms with Crippen molar-refractivity contribution in [2.24, 2.45) is 0 Å². The average molecular weight is 282 g/mol. The lowest BCUT2D eigenvalue weighted by Crippen LogP contribution is -2.43. The average Bonchev–Trinajstić information content (AvgIpc) is 2.38. The second kappa shape index (κ2) is 5.21. The number of sulfone groups is 1. The lowest BCUT2D eigenvalue weighted by atomic mass is 10.1. The zero-order valence-corrected chi connectivity index (χ0v) is 12.0. The zero-order valence-electron chi connectivity index (χ0n) is 11.1. The van der Waals surface area contributed by atoms with E-state index < -0.39 is 9.84 Å². The predicted octanol–water partition coefficient (Wildman–Crippen LogP) is 0.907. The minimum Gasteiger partial charge on any atom is -0.388 e. The highest BCUT2D eigenvalue weighted by Gasteiger charge is 2.25. The summed E-state index contributed by atoms with van der Waals surface area (Å²) in [6.07, 6.45) is 0. The summed E-state index contributed by atoms with van der Waals surface area (Å²) in [6, 6.07) is 5.46. The smallest absolute Gasteiger partial charge is 0.253 e. The van der Waals surface area contributed by atoms with Crippen LogP contribution in [0.2, 0.25) is 0 Å². The number of nitrogens with zero attached hydrogens (tertiary/aromatic N) is 1. The first-order chi connectivity index (χ1) is 8.93. The van der Waals surface area contributed by atoms with E-state index in [1.807, 2.05) is 26.1 Å². The van der Waals surface area contributed by atoms with E-state index in [1.165, 1.54) is 0 Å². The Hall–Kier alpha value is -1.56. The maximum absolute atomic E-state index is 12.3. The monoisotopic (exact) mass is 282 g/mol. The Kier molecular flexibility index (Phi) is 3.80. The van der Waals surface area contributed by atoms with Crippen LogP contribution < -0.4 is 5.32 Å². The Morgan fingerprint density at radius 3 is 2.42 bits per heavy atom. The van der Waals surface area contributed by atoms with Crippen LogP contribution in [-0.4, -0.2) is 50.9 Å². The molecule has 1 fully saturated rings. The van der Waals surface area contributed by atoms with E-state index in [2.05, 4.69) is 5.32 Å². The molecule has 1 aromatic rings. The molecule has 0 bridgehead atoms. The molecule has 0 atom stereocenters. The van der Waals surface area contributed by atoms with E-state index in [0.29, 0.717) is 5.56 Å². The number of amides is 1. The van der Waals surface area contributed by atoms with Gasteiger partial charge in [0, 0.05) is 31.4 Å². The first-order valence-corrected chi connectivity index (χ1v) is 8.03. The van der Waals surface area contributed by atoms with Gasteiger partial charge in [-0.3, -0.25) is 4.79 Å². The highest BCUT2D eigenvalue weighted by atomic mass is 32.2. The number of nitrogens with one attached hydrogen (secondary N) is 1. The van der Waals surface area contributed by atoms with Crippen molar-refractivity contribution in [1.29, 1.82) is 0 Å². The molecule has 6 heteroatoms. The molecule has 1 aromatic carbocycles. The highest BCUT2D eigenvalue weighted by Crippen LogP contribution is 2.18. The van der Waals surface area contributed by atoms with Crippen molar-refractivity contribution in [2.75, 3.05) is 37.0 Å². The molecule has 19 heavy (non-hydrogen) atoms. The van der Waals surface area contributed by atoms with Crippen LogP contribution in [0.1, 0.15) is 15.9 Å². The third-order valence-electron chi connectivity index (χ3n) is 3.37. The lowest BCUT2D eigenvalue weighted by molar-refractivity contribution is 0.0770. The summed E-state index contributed by atoms with van der Waals surface area (Å²) >= 11 is 0. The normalized spacial score (nSPS) is 18.1. The molecule has 2 rings (SSSR count). The summed E-state index contributed by atoms with van der Waals surface area (Å²) in [5.74, 6) is 0.0270. The van der Waals surface area contributed by atoms with E-state index in [4.69, 9.17) is 0 Å². The predicted molar refractivity (Wildman–Crippen MR) is 75.3 cm³/mol. The van der Waals surface area contributed by atoms with Gasteiger partial charge in [-0.25, -0.2) is 8.42 Å². The first kappa shape index (κ1) is 13.9.